The highest BCUT2D eigenvalue weighted by atomic mass is 35.5. The molecule has 0 fully saturated rings. The Morgan fingerprint density at radius 2 is 1.76 bits per heavy atom. The highest BCUT2D eigenvalue weighted by Gasteiger charge is 2.24. The molecule has 0 aliphatic rings. The van der Waals surface area contributed by atoms with Gasteiger partial charge in [0, 0.05) is 16.4 Å². The number of nitro groups is 1. The molecular formula is C21H22ClN5O2. The van der Waals surface area contributed by atoms with Crippen molar-refractivity contribution in [3.8, 4) is 0 Å². The van der Waals surface area contributed by atoms with E-state index in [1.807, 2.05) is 31.2 Å². The van der Waals surface area contributed by atoms with Crippen molar-refractivity contribution in [1.29, 1.82) is 0 Å². The number of hydrogen-bond acceptors (Lipinski definition) is 6. The molecule has 0 aliphatic carbocycles. The van der Waals surface area contributed by atoms with Crippen molar-refractivity contribution in [3.63, 3.8) is 0 Å². The van der Waals surface area contributed by atoms with Gasteiger partial charge in [-0.1, -0.05) is 43.1 Å². The van der Waals surface area contributed by atoms with Gasteiger partial charge in [-0.3, -0.25) is 10.1 Å². The van der Waals surface area contributed by atoms with E-state index >= 15 is 0 Å². The number of nitrogens with one attached hydrogen (secondary N) is 2. The molecule has 1 heterocycles. The normalized spacial score (nSPS) is 10.6. The molecule has 2 N–H and O–H groups in total. The molecule has 0 radical (unpaired) electrons. The zero-order valence-electron chi connectivity index (χ0n) is 16.3. The van der Waals surface area contributed by atoms with Gasteiger partial charge in [-0.25, -0.2) is 9.97 Å². The first-order valence-electron chi connectivity index (χ1n) is 9.37. The SMILES string of the molecule is CCCCc1ccc(Nc2ncnc(Nc3cccc(Cl)c3C)c2[N+](=O)[O-])cc1. The number of unbranched alkanes of at least 4 members (excludes halogenated alkanes) is 1. The van der Waals surface area contributed by atoms with Crippen LogP contribution in [-0.4, -0.2) is 14.9 Å². The molecule has 7 nitrogen and oxygen atoms in total. The van der Waals surface area contributed by atoms with E-state index in [1.54, 1.807) is 18.2 Å². The summed E-state index contributed by atoms with van der Waals surface area (Å²) in [6.07, 6.45) is 4.56. The van der Waals surface area contributed by atoms with Crippen LogP contribution in [0.1, 0.15) is 30.9 Å². The van der Waals surface area contributed by atoms with E-state index in [0.717, 1.165) is 30.5 Å². The predicted octanol–water partition coefficient (Wildman–Crippen LogP) is 6.18. The third-order valence-corrected chi connectivity index (χ3v) is 4.97. The molecule has 2 aromatic carbocycles. The molecule has 0 aliphatic heterocycles. The smallest absolute Gasteiger partial charge is 0.334 e. The average molecular weight is 412 g/mol. The fraction of sp³-hybridized carbons (Fsp3) is 0.238. The first-order valence-corrected chi connectivity index (χ1v) is 9.75. The molecule has 29 heavy (non-hydrogen) atoms. The topological polar surface area (TPSA) is 93.0 Å². The Bertz CT molecular complexity index is 1010. The molecular weight excluding hydrogens is 390 g/mol. The first kappa shape index (κ1) is 20.5. The molecule has 0 bridgehead atoms. The third kappa shape index (κ3) is 5.00. The van der Waals surface area contributed by atoms with Crippen LogP contribution in [0.25, 0.3) is 0 Å². The van der Waals surface area contributed by atoms with Crippen LogP contribution in [0.3, 0.4) is 0 Å². The van der Waals surface area contributed by atoms with Gasteiger partial charge in [-0.05, 0) is 55.2 Å². The van der Waals surface area contributed by atoms with E-state index in [4.69, 9.17) is 11.6 Å². The van der Waals surface area contributed by atoms with Gasteiger partial charge in [0.05, 0.1) is 4.92 Å². The zero-order chi connectivity index (χ0) is 20.8. The van der Waals surface area contributed by atoms with Crippen LogP contribution in [0, 0.1) is 17.0 Å². The summed E-state index contributed by atoms with van der Waals surface area (Å²) >= 11 is 6.15. The maximum atomic E-state index is 11.8. The number of anilines is 4. The molecule has 0 atom stereocenters. The van der Waals surface area contributed by atoms with Gasteiger partial charge in [0.25, 0.3) is 0 Å². The molecule has 0 unspecified atom stereocenters. The Hall–Kier alpha value is -3.19. The second-order valence-corrected chi connectivity index (χ2v) is 7.05. The predicted molar refractivity (Wildman–Crippen MR) is 116 cm³/mol. The number of hydrogen-bond donors (Lipinski definition) is 2. The Morgan fingerprint density at radius 3 is 2.41 bits per heavy atom. The molecule has 0 spiro atoms. The molecule has 0 amide bonds. The van der Waals surface area contributed by atoms with Crippen LogP contribution >= 0.6 is 11.6 Å². The average Bonchev–Trinajstić information content (AvgIpc) is 2.71. The molecule has 150 valence electrons. The number of halogens is 1. The lowest BCUT2D eigenvalue weighted by Crippen LogP contribution is -2.06. The summed E-state index contributed by atoms with van der Waals surface area (Å²) in [7, 11) is 0. The van der Waals surface area contributed by atoms with Crippen LogP contribution < -0.4 is 10.6 Å². The summed E-state index contributed by atoms with van der Waals surface area (Å²) in [6, 6.07) is 13.1. The fourth-order valence-electron chi connectivity index (χ4n) is 2.88. The molecule has 0 saturated carbocycles. The van der Waals surface area contributed by atoms with Gasteiger partial charge < -0.3 is 10.6 Å². The quantitative estimate of drug-likeness (QED) is 0.339. The van der Waals surface area contributed by atoms with Crippen LogP contribution in [-0.2, 0) is 6.42 Å². The fourth-order valence-corrected chi connectivity index (χ4v) is 3.05. The van der Waals surface area contributed by atoms with Crippen molar-refractivity contribution in [2.24, 2.45) is 0 Å². The first-order chi connectivity index (χ1) is 14.0. The highest BCUT2D eigenvalue weighted by Crippen LogP contribution is 2.34. The molecule has 3 rings (SSSR count). The number of benzene rings is 2. The van der Waals surface area contributed by atoms with E-state index in [9.17, 15) is 10.1 Å². The minimum absolute atomic E-state index is 0.0948. The van der Waals surface area contributed by atoms with Gasteiger partial charge in [0.2, 0.25) is 11.6 Å². The van der Waals surface area contributed by atoms with E-state index < -0.39 is 4.92 Å². The Labute approximate surface area is 174 Å². The van der Waals surface area contributed by atoms with E-state index in [1.165, 1.54) is 11.9 Å². The van der Waals surface area contributed by atoms with Crippen molar-refractivity contribution >= 4 is 40.3 Å². The minimum atomic E-state index is -0.500. The Morgan fingerprint density at radius 1 is 1.07 bits per heavy atom. The monoisotopic (exact) mass is 411 g/mol. The largest absolute Gasteiger partial charge is 0.353 e. The zero-order valence-corrected chi connectivity index (χ0v) is 17.0. The lowest BCUT2D eigenvalue weighted by Gasteiger charge is -2.12. The van der Waals surface area contributed by atoms with Gasteiger partial charge in [0.15, 0.2) is 0 Å². The highest BCUT2D eigenvalue weighted by molar-refractivity contribution is 6.31. The summed E-state index contributed by atoms with van der Waals surface area (Å²) in [5.41, 5.74) is 3.14. The van der Waals surface area contributed by atoms with Crippen LogP contribution in [0.2, 0.25) is 5.02 Å². The van der Waals surface area contributed by atoms with E-state index in [0.29, 0.717) is 10.7 Å². The van der Waals surface area contributed by atoms with Crippen molar-refractivity contribution in [2.45, 2.75) is 33.1 Å². The molecule has 1 aromatic heterocycles. The minimum Gasteiger partial charge on any atom is -0.334 e. The maximum Gasteiger partial charge on any atom is 0.353 e. The third-order valence-electron chi connectivity index (χ3n) is 4.56. The molecule has 3 aromatic rings. The van der Waals surface area contributed by atoms with Crippen molar-refractivity contribution < 1.29 is 4.92 Å². The molecule has 8 heteroatoms. The summed E-state index contributed by atoms with van der Waals surface area (Å²) in [6.45, 7) is 3.98. The Kier molecular flexibility index (Phi) is 6.61. The van der Waals surface area contributed by atoms with Crippen LogP contribution in [0.5, 0.6) is 0 Å². The number of nitrogens with zero attached hydrogens (tertiary/aromatic N) is 3. The summed E-state index contributed by atoms with van der Waals surface area (Å²) < 4.78 is 0. The number of aromatic nitrogens is 2. The van der Waals surface area contributed by atoms with Gasteiger partial charge in [-0.15, -0.1) is 0 Å². The van der Waals surface area contributed by atoms with Crippen molar-refractivity contribution in [1.82, 2.24) is 9.97 Å². The maximum absolute atomic E-state index is 11.8. The van der Waals surface area contributed by atoms with Crippen molar-refractivity contribution in [3.05, 3.63) is 75.1 Å². The number of rotatable bonds is 8. The van der Waals surface area contributed by atoms with Gasteiger partial charge in [0.1, 0.15) is 6.33 Å². The van der Waals surface area contributed by atoms with Crippen LogP contribution in [0.4, 0.5) is 28.7 Å². The number of aryl methyl sites for hydroxylation is 1. The van der Waals surface area contributed by atoms with Crippen LogP contribution in [0.15, 0.2) is 48.8 Å². The Balaban J connectivity index is 1.89. The second-order valence-electron chi connectivity index (χ2n) is 6.64. The summed E-state index contributed by atoms with van der Waals surface area (Å²) in [4.78, 5) is 19.4. The van der Waals surface area contributed by atoms with Crippen molar-refractivity contribution in [2.75, 3.05) is 10.6 Å². The standard InChI is InChI=1S/C21H22ClN5O2/c1-3-4-6-15-9-11-16(12-10-15)25-20-19(27(28)29)21(24-13-23-20)26-18-8-5-7-17(22)14(18)2/h5,7-13H,3-4,6H2,1-2H3,(H2,23,24,25,26). The van der Waals surface area contributed by atoms with E-state index in [-0.39, 0.29) is 17.3 Å². The lowest BCUT2D eigenvalue weighted by atomic mass is 10.1. The summed E-state index contributed by atoms with van der Waals surface area (Å²) in [5.74, 6) is 0.214. The molecule has 0 saturated heterocycles. The lowest BCUT2D eigenvalue weighted by molar-refractivity contribution is -0.383. The summed E-state index contributed by atoms with van der Waals surface area (Å²) in [5, 5.41) is 18.4. The van der Waals surface area contributed by atoms with Gasteiger partial charge >= 0.3 is 5.69 Å². The van der Waals surface area contributed by atoms with Gasteiger partial charge in [-0.2, -0.15) is 0 Å². The van der Waals surface area contributed by atoms with E-state index in [2.05, 4.69) is 27.5 Å². The second kappa shape index (κ2) is 9.34.